The second-order valence-electron chi connectivity index (χ2n) is 6.39. The van der Waals surface area contributed by atoms with E-state index < -0.39 is 0 Å². The van der Waals surface area contributed by atoms with Crippen LogP contribution in [-0.4, -0.2) is 31.4 Å². The normalized spacial score (nSPS) is 31.1. The predicted molar refractivity (Wildman–Crippen MR) is 77.8 cm³/mol. The Bertz CT molecular complexity index is 496. The molecule has 21 heavy (non-hydrogen) atoms. The van der Waals surface area contributed by atoms with Crippen LogP contribution in [0.4, 0.5) is 0 Å². The van der Waals surface area contributed by atoms with Crippen molar-refractivity contribution in [3.8, 4) is 0 Å². The van der Waals surface area contributed by atoms with E-state index in [1.54, 1.807) is 0 Å². The SMILES string of the molecule is COC(=O)Cc1ccc(C23CCC(CO)(CC2)CO3)cc1. The van der Waals surface area contributed by atoms with Gasteiger partial charge >= 0.3 is 5.97 Å². The van der Waals surface area contributed by atoms with E-state index in [0.717, 1.165) is 31.2 Å². The Morgan fingerprint density at radius 2 is 1.90 bits per heavy atom. The number of benzene rings is 1. The lowest BCUT2D eigenvalue weighted by Crippen LogP contribution is -2.50. The summed E-state index contributed by atoms with van der Waals surface area (Å²) < 4.78 is 10.8. The number of carbonyl (C=O) groups excluding carboxylic acids is 1. The Hall–Kier alpha value is -1.39. The van der Waals surface area contributed by atoms with Crippen molar-refractivity contribution in [1.82, 2.24) is 0 Å². The number of hydrogen-bond donors (Lipinski definition) is 1. The standard InChI is InChI=1S/C17H22O4/c1-20-15(19)10-13-2-4-14(5-3-13)17-8-6-16(11-18,7-9-17)12-21-17/h2-5,18H,6-12H2,1H3. The van der Waals surface area contributed by atoms with Gasteiger partial charge < -0.3 is 14.6 Å². The lowest BCUT2D eigenvalue weighted by atomic mass is 9.64. The Kier molecular flexibility index (Phi) is 3.76. The van der Waals surface area contributed by atoms with E-state index in [-0.39, 0.29) is 23.6 Å². The van der Waals surface area contributed by atoms with Crippen LogP contribution in [0.5, 0.6) is 0 Å². The molecule has 2 aliphatic heterocycles. The van der Waals surface area contributed by atoms with Crippen LogP contribution in [0.15, 0.2) is 24.3 Å². The van der Waals surface area contributed by atoms with E-state index in [4.69, 9.17) is 4.74 Å². The average Bonchev–Trinajstić information content (AvgIpc) is 2.57. The van der Waals surface area contributed by atoms with Gasteiger partial charge in [-0.2, -0.15) is 0 Å². The highest BCUT2D eigenvalue weighted by Crippen LogP contribution is 2.53. The largest absolute Gasteiger partial charge is 0.469 e. The molecule has 2 heterocycles. The number of methoxy groups -OCH3 is 1. The van der Waals surface area contributed by atoms with Crippen molar-refractivity contribution < 1.29 is 19.4 Å². The van der Waals surface area contributed by atoms with Gasteiger partial charge in [0.1, 0.15) is 0 Å². The molecule has 1 N–H and O–H groups in total. The fraction of sp³-hybridized carbons (Fsp3) is 0.588. The molecule has 0 unspecified atom stereocenters. The highest BCUT2D eigenvalue weighted by molar-refractivity contribution is 5.72. The number of fused-ring (bicyclic) bond motifs is 3. The van der Waals surface area contributed by atoms with Gasteiger partial charge in [0.15, 0.2) is 0 Å². The van der Waals surface area contributed by atoms with Crippen molar-refractivity contribution in [1.29, 1.82) is 0 Å². The van der Waals surface area contributed by atoms with Gasteiger partial charge in [0.05, 0.1) is 32.3 Å². The van der Waals surface area contributed by atoms with E-state index >= 15 is 0 Å². The molecule has 0 amide bonds. The van der Waals surface area contributed by atoms with Gasteiger partial charge in [-0.15, -0.1) is 0 Å². The summed E-state index contributed by atoms with van der Waals surface area (Å²) in [7, 11) is 1.40. The third kappa shape index (κ3) is 2.58. The zero-order chi connectivity index (χ0) is 14.9. The van der Waals surface area contributed by atoms with Crippen molar-refractivity contribution in [2.24, 2.45) is 5.41 Å². The quantitative estimate of drug-likeness (QED) is 0.864. The molecule has 0 spiro atoms. The van der Waals surface area contributed by atoms with Crippen molar-refractivity contribution in [2.75, 3.05) is 20.3 Å². The molecule has 0 atom stereocenters. The first-order valence-electron chi connectivity index (χ1n) is 7.53. The second kappa shape index (κ2) is 5.43. The third-order valence-electron chi connectivity index (χ3n) is 5.16. The van der Waals surface area contributed by atoms with E-state index in [1.807, 2.05) is 12.1 Å². The van der Waals surface area contributed by atoms with Crippen LogP contribution in [0.3, 0.4) is 0 Å². The summed E-state index contributed by atoms with van der Waals surface area (Å²) in [6, 6.07) is 8.09. The maximum atomic E-state index is 11.3. The topological polar surface area (TPSA) is 55.8 Å². The smallest absolute Gasteiger partial charge is 0.309 e. The minimum absolute atomic E-state index is 0.00737. The summed E-state index contributed by atoms with van der Waals surface area (Å²) in [6.45, 7) is 0.870. The van der Waals surface area contributed by atoms with Crippen molar-refractivity contribution in [3.63, 3.8) is 0 Å². The summed E-state index contributed by atoms with van der Waals surface area (Å²) in [5, 5.41) is 9.54. The Morgan fingerprint density at radius 3 is 2.38 bits per heavy atom. The first-order chi connectivity index (χ1) is 10.1. The van der Waals surface area contributed by atoms with Crippen molar-refractivity contribution in [2.45, 2.75) is 37.7 Å². The molecule has 4 rings (SSSR count). The Labute approximate surface area is 125 Å². The molecular formula is C17H22O4. The highest BCUT2D eigenvalue weighted by Gasteiger charge is 2.50. The van der Waals surface area contributed by atoms with E-state index in [2.05, 4.69) is 16.9 Å². The molecule has 1 aromatic carbocycles. The number of esters is 1. The molecular weight excluding hydrogens is 268 g/mol. The maximum absolute atomic E-state index is 11.3. The molecule has 2 bridgehead atoms. The summed E-state index contributed by atoms with van der Waals surface area (Å²) in [5.41, 5.74) is 1.94. The van der Waals surface area contributed by atoms with Gasteiger partial charge in [0.25, 0.3) is 0 Å². The number of hydrogen-bond acceptors (Lipinski definition) is 4. The number of aliphatic hydroxyl groups is 1. The Morgan fingerprint density at radius 1 is 1.24 bits per heavy atom. The molecule has 114 valence electrons. The minimum atomic E-state index is -0.222. The van der Waals surface area contributed by atoms with E-state index in [1.165, 1.54) is 12.7 Å². The fourth-order valence-corrected chi connectivity index (χ4v) is 3.51. The van der Waals surface area contributed by atoms with Crippen LogP contribution in [-0.2, 0) is 26.3 Å². The van der Waals surface area contributed by atoms with Crippen LogP contribution < -0.4 is 0 Å². The molecule has 4 nitrogen and oxygen atoms in total. The molecule has 0 radical (unpaired) electrons. The van der Waals surface area contributed by atoms with E-state index in [9.17, 15) is 9.90 Å². The first-order valence-corrected chi connectivity index (χ1v) is 7.53. The highest BCUT2D eigenvalue weighted by atomic mass is 16.5. The third-order valence-corrected chi connectivity index (χ3v) is 5.16. The zero-order valence-electron chi connectivity index (χ0n) is 12.4. The van der Waals surface area contributed by atoms with Crippen LogP contribution >= 0.6 is 0 Å². The first kappa shape index (κ1) is 14.5. The molecule has 3 aliphatic rings. The fourth-order valence-electron chi connectivity index (χ4n) is 3.51. The van der Waals surface area contributed by atoms with Crippen LogP contribution in [0.2, 0.25) is 0 Å². The molecule has 4 heteroatoms. The van der Waals surface area contributed by atoms with Crippen molar-refractivity contribution >= 4 is 5.97 Å². The van der Waals surface area contributed by atoms with Crippen LogP contribution in [0.1, 0.15) is 36.8 Å². The summed E-state index contributed by atoms with van der Waals surface area (Å²) in [5.74, 6) is -0.222. The Balaban J connectivity index is 1.74. The zero-order valence-corrected chi connectivity index (χ0v) is 12.4. The van der Waals surface area contributed by atoms with Gasteiger partial charge in [-0.3, -0.25) is 4.79 Å². The van der Waals surface area contributed by atoms with Gasteiger partial charge in [-0.25, -0.2) is 0 Å². The summed E-state index contributed by atoms with van der Waals surface area (Å²) in [6.07, 6.45) is 4.27. The van der Waals surface area contributed by atoms with Gasteiger partial charge in [0, 0.05) is 5.41 Å². The van der Waals surface area contributed by atoms with Gasteiger partial charge in [0.2, 0.25) is 0 Å². The molecule has 3 fully saturated rings. The predicted octanol–water partition coefficient (Wildman–Crippen LogP) is 2.18. The number of rotatable bonds is 4. The molecule has 2 saturated heterocycles. The number of ether oxygens (including phenoxy) is 2. The second-order valence-corrected chi connectivity index (χ2v) is 6.39. The van der Waals surface area contributed by atoms with Crippen LogP contribution in [0, 0.1) is 5.41 Å². The maximum Gasteiger partial charge on any atom is 0.309 e. The van der Waals surface area contributed by atoms with Gasteiger partial charge in [-0.05, 0) is 36.8 Å². The summed E-state index contributed by atoms with van der Waals surface area (Å²) in [4.78, 5) is 11.3. The van der Waals surface area contributed by atoms with Crippen molar-refractivity contribution in [3.05, 3.63) is 35.4 Å². The summed E-state index contributed by atoms with van der Waals surface area (Å²) >= 11 is 0. The molecule has 0 aromatic heterocycles. The molecule has 1 aliphatic carbocycles. The van der Waals surface area contributed by atoms with E-state index in [0.29, 0.717) is 13.0 Å². The van der Waals surface area contributed by atoms with Gasteiger partial charge in [-0.1, -0.05) is 24.3 Å². The average molecular weight is 290 g/mol. The molecule has 1 saturated carbocycles. The minimum Gasteiger partial charge on any atom is -0.469 e. The van der Waals surface area contributed by atoms with Crippen LogP contribution in [0.25, 0.3) is 0 Å². The lowest BCUT2D eigenvalue weighted by molar-refractivity contribution is -0.199. The number of aliphatic hydroxyl groups excluding tert-OH is 1. The lowest BCUT2D eigenvalue weighted by Gasteiger charge is -2.52. The molecule has 1 aromatic rings. The monoisotopic (exact) mass is 290 g/mol. The number of carbonyl (C=O) groups is 1.